The molecule has 1 unspecified atom stereocenters. The van der Waals surface area contributed by atoms with Crippen LogP contribution in [0.4, 0.5) is 8.78 Å². The summed E-state index contributed by atoms with van der Waals surface area (Å²) in [6, 6.07) is 6.15. The number of hydrogen-bond acceptors (Lipinski definition) is 4. The minimum Gasteiger partial charge on any atom is -0.435 e. The van der Waals surface area contributed by atoms with Crippen molar-refractivity contribution in [2.75, 3.05) is 19.7 Å². The summed E-state index contributed by atoms with van der Waals surface area (Å²) in [7, 11) is 0. The summed E-state index contributed by atoms with van der Waals surface area (Å²) in [4.78, 5) is 0. The molecule has 1 aromatic rings. The third-order valence-electron chi connectivity index (χ3n) is 2.25. The van der Waals surface area contributed by atoms with Crippen LogP contribution < -0.4 is 15.8 Å². The minimum absolute atomic E-state index is 0.0169. The van der Waals surface area contributed by atoms with Crippen LogP contribution in [0.5, 0.6) is 5.75 Å². The van der Waals surface area contributed by atoms with Crippen molar-refractivity contribution in [1.29, 1.82) is 0 Å². The van der Waals surface area contributed by atoms with Crippen molar-refractivity contribution in [1.82, 2.24) is 5.32 Å². The number of nitrogens with two attached hydrogens (primary N) is 1. The van der Waals surface area contributed by atoms with Crippen LogP contribution in [-0.4, -0.2) is 31.4 Å². The molecule has 0 heterocycles. The summed E-state index contributed by atoms with van der Waals surface area (Å²) < 4.78 is 28.1. The van der Waals surface area contributed by atoms with Gasteiger partial charge < -0.3 is 20.9 Å². The third-order valence-corrected chi connectivity index (χ3v) is 2.25. The van der Waals surface area contributed by atoms with Gasteiger partial charge in [0.05, 0.1) is 6.61 Å². The Balaban J connectivity index is 2.64. The zero-order valence-corrected chi connectivity index (χ0v) is 9.27. The van der Waals surface area contributed by atoms with Gasteiger partial charge >= 0.3 is 6.61 Å². The first-order chi connectivity index (χ1) is 8.17. The van der Waals surface area contributed by atoms with E-state index in [2.05, 4.69) is 10.1 Å². The summed E-state index contributed by atoms with van der Waals surface area (Å²) in [5.74, 6) is 0.113. The van der Waals surface area contributed by atoms with E-state index in [0.29, 0.717) is 13.1 Å². The van der Waals surface area contributed by atoms with Crippen LogP contribution in [0.3, 0.4) is 0 Å². The Labute approximate surface area is 98.4 Å². The molecule has 96 valence electrons. The molecule has 0 bridgehead atoms. The lowest BCUT2D eigenvalue weighted by atomic mass is 10.1. The van der Waals surface area contributed by atoms with Gasteiger partial charge in [0.15, 0.2) is 0 Å². The molecule has 0 saturated heterocycles. The molecule has 17 heavy (non-hydrogen) atoms. The molecule has 0 aliphatic rings. The molecule has 0 fully saturated rings. The Kier molecular flexibility index (Phi) is 5.82. The number of nitrogens with one attached hydrogen (secondary N) is 1. The summed E-state index contributed by atoms with van der Waals surface area (Å²) >= 11 is 0. The average Bonchev–Trinajstić information content (AvgIpc) is 2.31. The lowest BCUT2D eigenvalue weighted by molar-refractivity contribution is -0.0498. The zero-order valence-electron chi connectivity index (χ0n) is 9.27. The minimum atomic E-state index is -2.82. The third kappa shape index (κ3) is 4.64. The molecule has 4 nitrogen and oxygen atoms in total. The van der Waals surface area contributed by atoms with Gasteiger partial charge in [0, 0.05) is 19.1 Å². The molecule has 1 rings (SSSR count). The van der Waals surface area contributed by atoms with Crippen LogP contribution in [0, 0.1) is 0 Å². The Bertz CT molecular complexity index is 320. The molecule has 0 aromatic heterocycles. The van der Waals surface area contributed by atoms with E-state index >= 15 is 0 Å². The van der Waals surface area contributed by atoms with E-state index in [1.807, 2.05) is 0 Å². The first kappa shape index (κ1) is 13.8. The van der Waals surface area contributed by atoms with Gasteiger partial charge in [-0.25, -0.2) is 0 Å². The SMILES string of the molecule is NCC(NCCO)c1ccc(OC(F)F)cc1. The zero-order chi connectivity index (χ0) is 12.7. The highest BCUT2D eigenvalue weighted by molar-refractivity contribution is 5.29. The largest absolute Gasteiger partial charge is 0.435 e. The topological polar surface area (TPSA) is 67.5 Å². The maximum atomic E-state index is 11.9. The van der Waals surface area contributed by atoms with Gasteiger partial charge in [-0.05, 0) is 17.7 Å². The average molecular weight is 246 g/mol. The van der Waals surface area contributed by atoms with E-state index in [0.717, 1.165) is 5.56 Å². The van der Waals surface area contributed by atoms with E-state index < -0.39 is 6.61 Å². The van der Waals surface area contributed by atoms with E-state index in [4.69, 9.17) is 10.8 Å². The number of aliphatic hydroxyl groups excluding tert-OH is 1. The van der Waals surface area contributed by atoms with Crippen molar-refractivity contribution in [3.63, 3.8) is 0 Å². The van der Waals surface area contributed by atoms with Crippen molar-refractivity contribution in [3.05, 3.63) is 29.8 Å². The molecule has 4 N–H and O–H groups in total. The molecule has 6 heteroatoms. The molecule has 0 saturated carbocycles. The Morgan fingerprint density at radius 2 is 1.94 bits per heavy atom. The molecule has 0 aliphatic heterocycles. The summed E-state index contributed by atoms with van der Waals surface area (Å²) in [6.45, 7) is -2.02. The number of hydrogen-bond donors (Lipinski definition) is 3. The second kappa shape index (κ2) is 7.16. The predicted molar refractivity (Wildman–Crippen MR) is 60.0 cm³/mol. The Morgan fingerprint density at radius 1 is 1.29 bits per heavy atom. The van der Waals surface area contributed by atoms with E-state index in [1.54, 1.807) is 12.1 Å². The van der Waals surface area contributed by atoms with Crippen molar-refractivity contribution in [3.8, 4) is 5.75 Å². The second-order valence-electron chi connectivity index (χ2n) is 3.41. The normalized spacial score (nSPS) is 12.8. The highest BCUT2D eigenvalue weighted by atomic mass is 19.3. The number of benzene rings is 1. The molecule has 0 amide bonds. The molecule has 1 atom stereocenters. The van der Waals surface area contributed by atoms with E-state index in [9.17, 15) is 8.78 Å². The number of alkyl halides is 2. The van der Waals surface area contributed by atoms with E-state index in [1.165, 1.54) is 12.1 Å². The summed E-state index contributed by atoms with van der Waals surface area (Å²) in [5, 5.41) is 11.7. The number of rotatable bonds is 7. The quantitative estimate of drug-likeness (QED) is 0.668. The molecule has 0 aliphatic carbocycles. The van der Waals surface area contributed by atoms with Gasteiger partial charge in [0.25, 0.3) is 0 Å². The first-order valence-corrected chi connectivity index (χ1v) is 5.26. The summed E-state index contributed by atoms with van der Waals surface area (Å²) in [5.41, 5.74) is 6.43. The number of halogens is 2. The summed E-state index contributed by atoms with van der Waals surface area (Å²) in [6.07, 6.45) is 0. The van der Waals surface area contributed by atoms with E-state index in [-0.39, 0.29) is 18.4 Å². The van der Waals surface area contributed by atoms with Crippen LogP contribution in [0.2, 0.25) is 0 Å². The van der Waals surface area contributed by atoms with Crippen molar-refractivity contribution >= 4 is 0 Å². The lowest BCUT2D eigenvalue weighted by Gasteiger charge is -2.17. The van der Waals surface area contributed by atoms with Gasteiger partial charge in [-0.3, -0.25) is 0 Å². The molecular weight excluding hydrogens is 230 g/mol. The fourth-order valence-corrected chi connectivity index (χ4v) is 1.46. The van der Waals surface area contributed by atoms with Crippen LogP contribution in [0.1, 0.15) is 11.6 Å². The first-order valence-electron chi connectivity index (χ1n) is 5.26. The standard InChI is InChI=1S/C11H16F2N2O2/c12-11(13)17-9-3-1-8(2-4-9)10(7-14)15-5-6-16/h1-4,10-11,15-16H,5-7,14H2. The maximum absolute atomic E-state index is 11.9. The number of aliphatic hydroxyl groups is 1. The van der Waals surface area contributed by atoms with Gasteiger partial charge in [-0.2, -0.15) is 8.78 Å². The van der Waals surface area contributed by atoms with Crippen LogP contribution in [-0.2, 0) is 0 Å². The lowest BCUT2D eigenvalue weighted by Crippen LogP contribution is -2.30. The van der Waals surface area contributed by atoms with Gasteiger partial charge in [0.2, 0.25) is 0 Å². The fraction of sp³-hybridized carbons (Fsp3) is 0.455. The van der Waals surface area contributed by atoms with Gasteiger partial charge in [0.1, 0.15) is 5.75 Å². The Hall–Kier alpha value is -1.24. The highest BCUT2D eigenvalue weighted by Crippen LogP contribution is 2.18. The van der Waals surface area contributed by atoms with Gasteiger partial charge in [-0.15, -0.1) is 0 Å². The molecule has 1 aromatic carbocycles. The van der Waals surface area contributed by atoms with Gasteiger partial charge in [-0.1, -0.05) is 12.1 Å². The van der Waals surface area contributed by atoms with Crippen molar-refractivity contribution < 1.29 is 18.6 Å². The highest BCUT2D eigenvalue weighted by Gasteiger charge is 2.09. The monoisotopic (exact) mass is 246 g/mol. The Morgan fingerprint density at radius 3 is 2.41 bits per heavy atom. The predicted octanol–water partition coefficient (Wildman–Crippen LogP) is 0.870. The van der Waals surface area contributed by atoms with Crippen LogP contribution in [0.25, 0.3) is 0 Å². The maximum Gasteiger partial charge on any atom is 0.387 e. The second-order valence-corrected chi connectivity index (χ2v) is 3.41. The number of ether oxygens (including phenoxy) is 1. The molecule has 0 radical (unpaired) electrons. The fourth-order valence-electron chi connectivity index (χ4n) is 1.46. The van der Waals surface area contributed by atoms with Crippen LogP contribution in [0.15, 0.2) is 24.3 Å². The molecule has 0 spiro atoms. The van der Waals surface area contributed by atoms with Crippen LogP contribution >= 0.6 is 0 Å². The van der Waals surface area contributed by atoms with Crippen molar-refractivity contribution in [2.45, 2.75) is 12.7 Å². The smallest absolute Gasteiger partial charge is 0.387 e. The molecular formula is C11H16F2N2O2. The van der Waals surface area contributed by atoms with Crippen molar-refractivity contribution in [2.24, 2.45) is 5.73 Å².